The van der Waals surface area contributed by atoms with Crippen LogP contribution < -0.4 is 5.56 Å². The van der Waals surface area contributed by atoms with Crippen molar-refractivity contribution >= 4 is 10.9 Å². The maximum atomic E-state index is 15.0. The smallest absolute Gasteiger partial charge is 0.373 e. The summed E-state index contributed by atoms with van der Waals surface area (Å²) in [6.07, 6.45) is 3.44. The Morgan fingerprint density at radius 2 is 1.89 bits per heavy atom. The molecule has 8 nitrogen and oxygen atoms in total. The first-order chi connectivity index (χ1) is 17.7. The summed E-state index contributed by atoms with van der Waals surface area (Å²) in [5.74, 6) is -1.01. The van der Waals surface area contributed by atoms with Crippen molar-refractivity contribution in [3.63, 3.8) is 0 Å². The van der Waals surface area contributed by atoms with Crippen molar-refractivity contribution in [1.82, 2.24) is 29.5 Å². The van der Waals surface area contributed by atoms with Crippen molar-refractivity contribution in [1.29, 1.82) is 0 Å². The Hall–Kier alpha value is -3.67. The van der Waals surface area contributed by atoms with Crippen LogP contribution in [0.2, 0.25) is 0 Å². The van der Waals surface area contributed by atoms with Gasteiger partial charge in [0.1, 0.15) is 17.2 Å². The zero-order valence-corrected chi connectivity index (χ0v) is 19.7. The lowest BCUT2D eigenvalue weighted by Crippen LogP contribution is -2.24. The lowest BCUT2D eigenvalue weighted by molar-refractivity contribution is -0.137. The summed E-state index contributed by atoms with van der Waals surface area (Å²) in [5.41, 5.74) is -0.788. The molecule has 12 heteroatoms. The number of halogens is 4. The maximum absolute atomic E-state index is 15.0. The predicted octanol–water partition coefficient (Wildman–Crippen LogP) is 4.72. The van der Waals surface area contributed by atoms with Crippen molar-refractivity contribution in [3.05, 3.63) is 69.9 Å². The first kappa shape index (κ1) is 23.7. The van der Waals surface area contributed by atoms with Crippen LogP contribution in [0.25, 0.3) is 22.2 Å². The third-order valence-electron chi connectivity index (χ3n) is 6.93. The van der Waals surface area contributed by atoms with Gasteiger partial charge in [0.05, 0.1) is 41.2 Å². The number of fused-ring (bicyclic) bond motifs is 1. The summed E-state index contributed by atoms with van der Waals surface area (Å²) >= 11 is 0. The van der Waals surface area contributed by atoms with E-state index in [0.29, 0.717) is 37.4 Å². The Bertz CT molecular complexity index is 1560. The number of hydrogen-bond acceptors (Lipinski definition) is 6. The normalized spacial score (nSPS) is 20.5. The van der Waals surface area contributed by atoms with E-state index in [4.69, 9.17) is 4.74 Å². The summed E-state index contributed by atoms with van der Waals surface area (Å²) in [6.45, 7) is 0.420. The summed E-state index contributed by atoms with van der Waals surface area (Å²) in [6, 6.07) is 2.69. The van der Waals surface area contributed by atoms with Crippen LogP contribution >= 0.6 is 0 Å². The van der Waals surface area contributed by atoms with E-state index in [1.54, 1.807) is 6.20 Å². The monoisotopic (exact) mass is 514 g/mol. The molecule has 1 aromatic carbocycles. The molecule has 37 heavy (non-hydrogen) atoms. The van der Waals surface area contributed by atoms with Gasteiger partial charge in [0.25, 0.3) is 5.56 Å². The Kier molecular flexibility index (Phi) is 5.59. The Balaban J connectivity index is 1.43. The molecule has 2 fully saturated rings. The molecule has 0 radical (unpaired) electrons. The van der Waals surface area contributed by atoms with E-state index in [1.807, 2.05) is 10.9 Å². The highest BCUT2D eigenvalue weighted by Gasteiger charge is 2.33. The average Bonchev–Trinajstić information content (AvgIpc) is 3.61. The molecule has 1 aliphatic carbocycles. The zero-order valence-electron chi connectivity index (χ0n) is 19.7. The summed E-state index contributed by atoms with van der Waals surface area (Å²) < 4.78 is 63.4. The molecule has 0 N–H and O–H groups in total. The molecule has 3 aromatic heterocycles. The van der Waals surface area contributed by atoms with Crippen LogP contribution in [0.15, 0.2) is 41.6 Å². The van der Waals surface area contributed by atoms with Gasteiger partial charge in [-0.1, -0.05) is 0 Å². The SMILES string of the molecule is Cn1ncc2c(-c3ccc(C(F)(F)F)cc3F)nc(C3CCO[C@@H](c4cnn(C5CC5)c4)C3)nc2c1=O. The van der Waals surface area contributed by atoms with E-state index in [0.717, 1.165) is 35.2 Å². The lowest BCUT2D eigenvalue weighted by atomic mass is 9.92. The van der Waals surface area contributed by atoms with Crippen LogP contribution in [0.5, 0.6) is 0 Å². The summed E-state index contributed by atoms with van der Waals surface area (Å²) in [4.78, 5) is 22.0. The number of hydrogen-bond donors (Lipinski definition) is 0. The quantitative estimate of drug-likeness (QED) is 0.367. The molecule has 6 rings (SSSR count). The number of aryl methyl sites for hydroxylation is 1. The zero-order chi connectivity index (χ0) is 25.9. The van der Waals surface area contributed by atoms with Gasteiger partial charge in [0, 0.05) is 36.9 Å². The van der Waals surface area contributed by atoms with Crippen molar-refractivity contribution in [2.24, 2.45) is 7.05 Å². The Labute approximate surface area is 207 Å². The van der Waals surface area contributed by atoms with E-state index in [-0.39, 0.29) is 34.2 Å². The second-order valence-corrected chi connectivity index (χ2v) is 9.52. The topological polar surface area (TPSA) is 87.7 Å². The summed E-state index contributed by atoms with van der Waals surface area (Å²) in [7, 11) is 1.46. The van der Waals surface area contributed by atoms with E-state index >= 15 is 4.39 Å². The van der Waals surface area contributed by atoms with Crippen LogP contribution in [0, 0.1) is 5.82 Å². The standard InChI is InChI=1S/C25H22F4N6O2/c1-34-24(36)22-18(11-30-34)21(17-5-2-15(9-19(17)26)25(27,28)29)32-23(33-22)13-6-7-37-20(8-13)14-10-31-35(12-14)16-3-4-16/h2,5,9-13,16,20H,3-4,6-8H2,1H3/t13?,20-/m1/s1. The van der Waals surface area contributed by atoms with E-state index in [1.165, 1.54) is 13.2 Å². The van der Waals surface area contributed by atoms with Crippen LogP contribution in [0.1, 0.15) is 60.7 Å². The fourth-order valence-electron chi connectivity index (χ4n) is 4.71. The number of alkyl halides is 3. The molecular formula is C25H22F4N6O2. The fraction of sp³-hybridized carbons (Fsp3) is 0.400. The molecule has 4 heterocycles. The molecule has 1 saturated carbocycles. The van der Waals surface area contributed by atoms with Gasteiger partial charge >= 0.3 is 6.18 Å². The maximum Gasteiger partial charge on any atom is 0.416 e. The molecule has 2 aliphatic rings. The molecule has 0 bridgehead atoms. The highest BCUT2D eigenvalue weighted by molar-refractivity contribution is 5.91. The minimum Gasteiger partial charge on any atom is -0.373 e. The molecule has 0 amide bonds. The second-order valence-electron chi connectivity index (χ2n) is 9.52. The van der Waals surface area contributed by atoms with Gasteiger partial charge < -0.3 is 4.74 Å². The fourth-order valence-corrected chi connectivity index (χ4v) is 4.71. The van der Waals surface area contributed by atoms with E-state index < -0.39 is 23.1 Å². The van der Waals surface area contributed by atoms with Crippen LogP contribution in [-0.4, -0.2) is 36.1 Å². The van der Waals surface area contributed by atoms with Gasteiger partial charge in [-0.05, 0) is 43.9 Å². The van der Waals surface area contributed by atoms with Crippen molar-refractivity contribution in [3.8, 4) is 11.3 Å². The molecule has 192 valence electrons. The van der Waals surface area contributed by atoms with Gasteiger partial charge in [0.2, 0.25) is 0 Å². The lowest BCUT2D eigenvalue weighted by Gasteiger charge is -2.28. The number of aromatic nitrogens is 6. The first-order valence-corrected chi connectivity index (χ1v) is 12.0. The molecule has 1 aliphatic heterocycles. The minimum absolute atomic E-state index is 0.0287. The van der Waals surface area contributed by atoms with E-state index in [2.05, 4.69) is 20.2 Å². The third-order valence-corrected chi connectivity index (χ3v) is 6.93. The van der Waals surface area contributed by atoms with Gasteiger partial charge in [-0.3, -0.25) is 9.48 Å². The first-order valence-electron chi connectivity index (χ1n) is 12.0. The van der Waals surface area contributed by atoms with Gasteiger partial charge in [-0.15, -0.1) is 0 Å². The Morgan fingerprint density at radius 1 is 1.08 bits per heavy atom. The van der Waals surface area contributed by atoms with E-state index in [9.17, 15) is 18.0 Å². The number of ether oxygens (including phenoxy) is 1. The van der Waals surface area contributed by atoms with Crippen molar-refractivity contribution in [2.75, 3.05) is 6.61 Å². The van der Waals surface area contributed by atoms with Crippen molar-refractivity contribution in [2.45, 2.75) is 49.9 Å². The predicted molar refractivity (Wildman–Crippen MR) is 124 cm³/mol. The molecule has 1 saturated heterocycles. The minimum atomic E-state index is -4.69. The summed E-state index contributed by atoms with van der Waals surface area (Å²) in [5, 5.41) is 8.59. The Morgan fingerprint density at radius 3 is 2.62 bits per heavy atom. The van der Waals surface area contributed by atoms with Gasteiger partial charge in [-0.25, -0.2) is 19.0 Å². The van der Waals surface area contributed by atoms with Gasteiger partial charge in [0.15, 0.2) is 0 Å². The van der Waals surface area contributed by atoms with Crippen molar-refractivity contribution < 1.29 is 22.3 Å². The van der Waals surface area contributed by atoms with Crippen LogP contribution in [-0.2, 0) is 18.0 Å². The number of rotatable bonds is 4. The average molecular weight is 514 g/mol. The largest absolute Gasteiger partial charge is 0.416 e. The molecule has 1 unspecified atom stereocenters. The molecular weight excluding hydrogens is 492 g/mol. The van der Waals surface area contributed by atoms with Gasteiger partial charge in [-0.2, -0.15) is 23.4 Å². The molecule has 4 aromatic rings. The highest BCUT2D eigenvalue weighted by atomic mass is 19.4. The molecule has 2 atom stereocenters. The second kappa shape index (κ2) is 8.72. The molecule has 0 spiro atoms. The van der Waals surface area contributed by atoms with Crippen LogP contribution in [0.3, 0.4) is 0 Å². The van der Waals surface area contributed by atoms with Crippen LogP contribution in [0.4, 0.5) is 17.6 Å². The number of benzene rings is 1. The third kappa shape index (κ3) is 4.39. The highest BCUT2D eigenvalue weighted by Crippen LogP contribution is 2.40. The number of nitrogens with zero attached hydrogens (tertiary/aromatic N) is 6.